The van der Waals surface area contributed by atoms with Gasteiger partial charge in [0.25, 0.3) is 0 Å². The molecule has 1 rings (SSSR count). The van der Waals surface area contributed by atoms with Crippen molar-refractivity contribution in [2.45, 2.75) is 19.9 Å². The van der Waals surface area contributed by atoms with Crippen LogP contribution in [0.4, 0.5) is 0 Å². The first-order valence-corrected chi connectivity index (χ1v) is 7.45. The van der Waals surface area contributed by atoms with Gasteiger partial charge in [0.15, 0.2) is 5.96 Å². The maximum atomic E-state index is 5.90. The Bertz CT molecular complexity index is 447. The molecule has 0 spiro atoms. The minimum Gasteiger partial charge on any atom is -0.492 e. The lowest BCUT2D eigenvalue weighted by molar-refractivity contribution is 0.179. The molecule has 126 valence electrons. The van der Waals surface area contributed by atoms with Gasteiger partial charge in [0, 0.05) is 24.7 Å². The molecular weight excluding hydrogens is 417 g/mol. The summed E-state index contributed by atoms with van der Waals surface area (Å²) in [7, 11) is 1.68. The number of aliphatic imine (C=N–C) groups is 1. The second kappa shape index (κ2) is 12.8. The second-order valence-electron chi connectivity index (χ2n) is 4.57. The van der Waals surface area contributed by atoms with Gasteiger partial charge < -0.3 is 20.1 Å². The minimum atomic E-state index is 0. The summed E-state index contributed by atoms with van der Waals surface area (Å²) in [4.78, 5) is 4.45. The lowest BCUT2D eigenvalue weighted by atomic mass is 10.3. The van der Waals surface area contributed by atoms with Crippen LogP contribution in [0.2, 0.25) is 5.02 Å². The Kier molecular flexibility index (Phi) is 12.4. The van der Waals surface area contributed by atoms with Crippen LogP contribution in [0.5, 0.6) is 5.75 Å². The minimum absolute atomic E-state index is 0. The Morgan fingerprint density at radius 2 is 2.18 bits per heavy atom. The standard InChI is InChI=1S/C15H24ClN3O2.HI/c1-4-17-15(19-12(2)11-20-3)18-8-9-21-14-7-5-6-13(16)10-14;/h5-7,10,12H,4,8-9,11H2,1-3H3,(H2,17,18,19);1H. The Morgan fingerprint density at radius 1 is 1.41 bits per heavy atom. The molecule has 0 aliphatic heterocycles. The number of nitrogens with one attached hydrogen (secondary N) is 2. The highest BCUT2D eigenvalue weighted by Crippen LogP contribution is 2.16. The number of halogens is 2. The summed E-state index contributed by atoms with van der Waals surface area (Å²) < 4.78 is 10.7. The molecule has 1 aromatic carbocycles. The zero-order valence-electron chi connectivity index (χ0n) is 13.3. The highest BCUT2D eigenvalue weighted by molar-refractivity contribution is 14.0. The van der Waals surface area contributed by atoms with E-state index in [1.54, 1.807) is 13.2 Å². The van der Waals surface area contributed by atoms with Gasteiger partial charge in [-0.15, -0.1) is 24.0 Å². The highest BCUT2D eigenvalue weighted by Gasteiger charge is 2.04. The molecule has 0 fully saturated rings. The molecule has 1 aromatic rings. The van der Waals surface area contributed by atoms with Crippen LogP contribution in [0, 0.1) is 0 Å². The number of nitrogens with zero attached hydrogens (tertiary/aromatic N) is 1. The first-order valence-electron chi connectivity index (χ1n) is 7.07. The molecule has 7 heteroatoms. The average molecular weight is 442 g/mol. The van der Waals surface area contributed by atoms with Crippen molar-refractivity contribution in [3.63, 3.8) is 0 Å². The van der Waals surface area contributed by atoms with E-state index in [4.69, 9.17) is 21.1 Å². The van der Waals surface area contributed by atoms with Crippen LogP contribution >= 0.6 is 35.6 Å². The van der Waals surface area contributed by atoms with Gasteiger partial charge >= 0.3 is 0 Å². The quantitative estimate of drug-likeness (QED) is 0.282. The predicted molar refractivity (Wildman–Crippen MR) is 103 cm³/mol. The summed E-state index contributed by atoms with van der Waals surface area (Å²) in [6.45, 7) is 6.56. The number of guanidine groups is 1. The van der Waals surface area contributed by atoms with Crippen LogP contribution in [0.1, 0.15) is 13.8 Å². The maximum Gasteiger partial charge on any atom is 0.191 e. The summed E-state index contributed by atoms with van der Waals surface area (Å²) in [5, 5.41) is 7.12. The third-order valence-corrected chi connectivity index (χ3v) is 2.81. The van der Waals surface area contributed by atoms with Crippen molar-refractivity contribution in [2.24, 2.45) is 4.99 Å². The van der Waals surface area contributed by atoms with E-state index < -0.39 is 0 Å². The molecule has 0 saturated carbocycles. The van der Waals surface area contributed by atoms with Gasteiger partial charge in [-0.2, -0.15) is 0 Å². The van der Waals surface area contributed by atoms with Crippen molar-refractivity contribution < 1.29 is 9.47 Å². The van der Waals surface area contributed by atoms with E-state index in [0.717, 1.165) is 18.3 Å². The summed E-state index contributed by atoms with van der Waals surface area (Å²) >= 11 is 5.90. The smallest absolute Gasteiger partial charge is 0.191 e. The van der Waals surface area contributed by atoms with Crippen molar-refractivity contribution in [1.29, 1.82) is 0 Å². The van der Waals surface area contributed by atoms with E-state index in [9.17, 15) is 0 Å². The Morgan fingerprint density at radius 3 is 2.82 bits per heavy atom. The molecule has 0 amide bonds. The second-order valence-corrected chi connectivity index (χ2v) is 5.00. The highest BCUT2D eigenvalue weighted by atomic mass is 127. The molecule has 0 heterocycles. The van der Waals surface area contributed by atoms with Gasteiger partial charge in [-0.1, -0.05) is 17.7 Å². The third kappa shape index (κ3) is 9.32. The van der Waals surface area contributed by atoms with Gasteiger partial charge in [-0.25, -0.2) is 4.99 Å². The van der Waals surface area contributed by atoms with Crippen LogP contribution in [-0.4, -0.2) is 45.4 Å². The SMILES string of the molecule is CCNC(=NCCOc1cccc(Cl)c1)NC(C)COC.I. The van der Waals surface area contributed by atoms with Gasteiger partial charge in [-0.05, 0) is 32.0 Å². The van der Waals surface area contributed by atoms with Crippen molar-refractivity contribution >= 4 is 41.5 Å². The molecule has 2 N–H and O–H groups in total. The Balaban J connectivity index is 0.00000441. The van der Waals surface area contributed by atoms with Crippen LogP contribution in [0.25, 0.3) is 0 Å². The summed E-state index contributed by atoms with van der Waals surface area (Å²) in [5.74, 6) is 1.51. The normalized spacial score (nSPS) is 12.3. The fraction of sp³-hybridized carbons (Fsp3) is 0.533. The maximum absolute atomic E-state index is 5.90. The molecule has 0 bridgehead atoms. The van der Waals surface area contributed by atoms with E-state index in [1.807, 2.05) is 32.0 Å². The van der Waals surface area contributed by atoms with E-state index in [1.165, 1.54) is 0 Å². The van der Waals surface area contributed by atoms with Gasteiger partial charge in [0.05, 0.1) is 13.2 Å². The topological polar surface area (TPSA) is 54.9 Å². The van der Waals surface area contributed by atoms with Crippen LogP contribution in [0.3, 0.4) is 0 Å². The predicted octanol–water partition coefficient (Wildman–Crippen LogP) is 2.93. The van der Waals surface area contributed by atoms with E-state index in [-0.39, 0.29) is 30.0 Å². The fourth-order valence-corrected chi connectivity index (χ4v) is 1.90. The average Bonchev–Trinajstić information content (AvgIpc) is 2.44. The summed E-state index contributed by atoms with van der Waals surface area (Å²) in [6, 6.07) is 7.53. The van der Waals surface area contributed by atoms with E-state index in [2.05, 4.69) is 15.6 Å². The zero-order chi connectivity index (χ0) is 15.5. The number of hydrogen-bond donors (Lipinski definition) is 2. The molecule has 0 aromatic heterocycles. The largest absolute Gasteiger partial charge is 0.492 e. The summed E-state index contributed by atoms with van der Waals surface area (Å²) in [5.41, 5.74) is 0. The van der Waals surface area contributed by atoms with E-state index >= 15 is 0 Å². The molecule has 0 aliphatic carbocycles. The molecular formula is C15H25ClIN3O2. The summed E-state index contributed by atoms with van der Waals surface area (Å²) in [6.07, 6.45) is 0. The molecule has 0 saturated heterocycles. The molecule has 0 radical (unpaired) electrons. The third-order valence-electron chi connectivity index (χ3n) is 2.57. The Hall–Kier alpha value is -0.730. The first kappa shape index (κ1) is 21.3. The number of benzene rings is 1. The van der Waals surface area contributed by atoms with Gasteiger partial charge in [-0.3, -0.25) is 0 Å². The van der Waals surface area contributed by atoms with Crippen LogP contribution in [-0.2, 0) is 4.74 Å². The molecule has 5 nitrogen and oxygen atoms in total. The van der Waals surface area contributed by atoms with Gasteiger partial charge in [0.1, 0.15) is 12.4 Å². The number of ether oxygens (including phenoxy) is 2. The van der Waals surface area contributed by atoms with Gasteiger partial charge in [0.2, 0.25) is 0 Å². The monoisotopic (exact) mass is 441 g/mol. The van der Waals surface area contributed by atoms with Crippen LogP contribution in [0.15, 0.2) is 29.3 Å². The van der Waals surface area contributed by atoms with Crippen molar-refractivity contribution in [3.05, 3.63) is 29.3 Å². The molecule has 1 unspecified atom stereocenters. The first-order chi connectivity index (χ1) is 10.2. The van der Waals surface area contributed by atoms with Crippen molar-refractivity contribution in [2.75, 3.05) is 33.4 Å². The molecule has 22 heavy (non-hydrogen) atoms. The fourth-order valence-electron chi connectivity index (χ4n) is 1.72. The number of hydrogen-bond acceptors (Lipinski definition) is 3. The van der Waals surface area contributed by atoms with Crippen molar-refractivity contribution in [3.8, 4) is 5.75 Å². The number of methoxy groups -OCH3 is 1. The van der Waals surface area contributed by atoms with Crippen LogP contribution < -0.4 is 15.4 Å². The van der Waals surface area contributed by atoms with Crippen molar-refractivity contribution in [1.82, 2.24) is 10.6 Å². The lowest BCUT2D eigenvalue weighted by Gasteiger charge is -2.17. The number of rotatable bonds is 8. The zero-order valence-corrected chi connectivity index (χ0v) is 16.4. The Labute approximate surface area is 154 Å². The van der Waals surface area contributed by atoms with E-state index in [0.29, 0.717) is 24.8 Å². The molecule has 1 atom stereocenters. The lowest BCUT2D eigenvalue weighted by Crippen LogP contribution is -2.44. The molecule has 0 aliphatic rings.